The zero-order chi connectivity index (χ0) is 30.1. The van der Waals surface area contributed by atoms with Gasteiger partial charge in [-0.05, 0) is 69.5 Å². The number of aliphatic hydroxyl groups excluding tert-OH is 1. The van der Waals surface area contributed by atoms with E-state index in [0.717, 1.165) is 0 Å². The quantitative estimate of drug-likeness (QED) is 0.235. The van der Waals surface area contributed by atoms with E-state index in [-0.39, 0.29) is 12.3 Å². The van der Waals surface area contributed by atoms with Crippen molar-refractivity contribution in [3.8, 4) is 11.5 Å². The number of hydrogen-bond acceptors (Lipinski definition) is 8. The average Bonchev–Trinajstić information content (AvgIpc) is 2.95. The molecule has 2 aromatic carbocycles. The lowest BCUT2D eigenvalue weighted by Crippen LogP contribution is -2.33. The maximum atomic E-state index is 13.0. The van der Waals surface area contributed by atoms with Crippen LogP contribution < -0.4 is 30.7 Å². The highest BCUT2D eigenvalue weighted by Crippen LogP contribution is 2.32. The van der Waals surface area contributed by atoms with Crippen molar-refractivity contribution in [2.45, 2.75) is 45.3 Å². The molecule has 222 valence electrons. The summed E-state index contributed by atoms with van der Waals surface area (Å²) in [7, 11) is 0. The number of nitrogens with one attached hydrogen (secondary N) is 4. The molecular weight excluding hydrogens is 542 g/mol. The van der Waals surface area contributed by atoms with Gasteiger partial charge in [0.15, 0.2) is 11.5 Å². The monoisotopic (exact) mass is 577 g/mol. The number of ether oxygens (including phenoxy) is 3. The summed E-state index contributed by atoms with van der Waals surface area (Å²) >= 11 is 0. The smallest absolute Gasteiger partial charge is 0.412 e. The lowest BCUT2D eigenvalue weighted by atomic mass is 10.0. The van der Waals surface area contributed by atoms with E-state index in [0.29, 0.717) is 60.2 Å². The Morgan fingerprint density at radius 1 is 0.952 bits per heavy atom. The summed E-state index contributed by atoms with van der Waals surface area (Å²) in [5.41, 5.74) is 1.39. The van der Waals surface area contributed by atoms with Gasteiger partial charge in [0, 0.05) is 24.6 Å². The molecule has 0 spiro atoms. The number of hydrogen-bond donors (Lipinski definition) is 5. The van der Waals surface area contributed by atoms with Crippen molar-refractivity contribution in [3.05, 3.63) is 72.1 Å². The molecule has 0 aliphatic carbocycles. The minimum Gasteiger partial charge on any atom is -0.486 e. The Hall–Kier alpha value is -4.84. The molecule has 0 fully saturated rings. The number of benzene rings is 2. The van der Waals surface area contributed by atoms with Crippen molar-refractivity contribution in [3.63, 3.8) is 0 Å². The average molecular weight is 578 g/mol. The summed E-state index contributed by atoms with van der Waals surface area (Å²) in [5.74, 6) is 0.680. The molecule has 2 heterocycles. The summed E-state index contributed by atoms with van der Waals surface area (Å²) in [6.07, 6.45) is 1.75. The van der Waals surface area contributed by atoms with Crippen LogP contribution in [-0.2, 0) is 4.74 Å². The Morgan fingerprint density at radius 2 is 1.67 bits per heavy atom. The second-order valence-electron chi connectivity index (χ2n) is 10.5. The van der Waals surface area contributed by atoms with Crippen LogP contribution in [0.1, 0.15) is 55.7 Å². The maximum Gasteiger partial charge on any atom is 0.412 e. The number of rotatable bonds is 9. The number of anilines is 3. The van der Waals surface area contributed by atoms with Crippen molar-refractivity contribution in [1.82, 2.24) is 10.3 Å². The molecule has 42 heavy (non-hydrogen) atoms. The SMILES string of the molecule is CC(C)(C)OC(=O)Nc1ccccc1NC(=O)c1ccc(C(CCCO)NC(=O)Nc2ccc3c(c2)OCCO3)cn1. The third-order valence-corrected chi connectivity index (χ3v) is 5.99. The number of fused-ring (bicyclic) bond motifs is 1. The van der Waals surface area contributed by atoms with E-state index in [1.54, 1.807) is 75.4 Å². The van der Waals surface area contributed by atoms with Gasteiger partial charge in [-0.25, -0.2) is 9.59 Å². The summed E-state index contributed by atoms with van der Waals surface area (Å²) in [5, 5.41) is 20.5. The highest BCUT2D eigenvalue weighted by atomic mass is 16.6. The zero-order valence-corrected chi connectivity index (χ0v) is 23.7. The number of urea groups is 1. The van der Waals surface area contributed by atoms with E-state index in [1.807, 2.05) is 0 Å². The third kappa shape index (κ3) is 8.58. The van der Waals surface area contributed by atoms with Crippen LogP contribution in [-0.4, -0.2) is 53.5 Å². The maximum absolute atomic E-state index is 13.0. The van der Waals surface area contributed by atoms with E-state index in [2.05, 4.69) is 26.3 Å². The van der Waals surface area contributed by atoms with Crippen LogP contribution in [0, 0.1) is 0 Å². The van der Waals surface area contributed by atoms with Crippen LogP contribution in [0.25, 0.3) is 0 Å². The Labute approximate surface area is 243 Å². The highest BCUT2D eigenvalue weighted by Gasteiger charge is 2.20. The molecule has 0 saturated heterocycles. The number of amides is 4. The summed E-state index contributed by atoms with van der Waals surface area (Å²) in [4.78, 5) is 42.3. The molecule has 0 radical (unpaired) electrons. The molecule has 5 N–H and O–H groups in total. The lowest BCUT2D eigenvalue weighted by Gasteiger charge is -2.21. The van der Waals surface area contributed by atoms with E-state index in [4.69, 9.17) is 14.2 Å². The first kappa shape index (κ1) is 30.1. The van der Waals surface area contributed by atoms with Crippen molar-refractivity contribution in [2.24, 2.45) is 0 Å². The van der Waals surface area contributed by atoms with Crippen LogP contribution in [0.5, 0.6) is 11.5 Å². The molecule has 12 nitrogen and oxygen atoms in total. The number of carbonyl (C=O) groups excluding carboxylic acids is 3. The van der Waals surface area contributed by atoms with Crippen LogP contribution >= 0.6 is 0 Å². The second kappa shape index (κ2) is 13.7. The molecule has 4 amide bonds. The van der Waals surface area contributed by atoms with E-state index >= 15 is 0 Å². The minimum absolute atomic E-state index is 0.0490. The van der Waals surface area contributed by atoms with Crippen molar-refractivity contribution < 1.29 is 33.7 Å². The largest absolute Gasteiger partial charge is 0.486 e. The fraction of sp³-hybridized carbons (Fsp3) is 0.333. The molecule has 1 aliphatic rings. The molecule has 1 aromatic heterocycles. The molecule has 0 saturated carbocycles. The van der Waals surface area contributed by atoms with Gasteiger partial charge in [-0.15, -0.1) is 0 Å². The van der Waals surface area contributed by atoms with Crippen molar-refractivity contribution in [2.75, 3.05) is 35.8 Å². The molecular formula is C30H35N5O7. The van der Waals surface area contributed by atoms with Gasteiger partial charge in [0.2, 0.25) is 0 Å². The number of nitrogens with zero attached hydrogens (tertiary/aromatic N) is 1. The van der Waals surface area contributed by atoms with Gasteiger partial charge >= 0.3 is 12.1 Å². The van der Waals surface area contributed by atoms with Crippen molar-refractivity contribution in [1.29, 1.82) is 0 Å². The highest BCUT2D eigenvalue weighted by molar-refractivity contribution is 6.05. The Morgan fingerprint density at radius 3 is 2.33 bits per heavy atom. The Kier molecular flexibility index (Phi) is 9.81. The summed E-state index contributed by atoms with van der Waals surface area (Å²) in [6.45, 7) is 6.12. The van der Waals surface area contributed by atoms with Gasteiger partial charge in [0.25, 0.3) is 5.91 Å². The van der Waals surface area contributed by atoms with Crippen LogP contribution in [0.2, 0.25) is 0 Å². The second-order valence-corrected chi connectivity index (χ2v) is 10.5. The van der Waals surface area contributed by atoms with E-state index < -0.39 is 29.7 Å². The van der Waals surface area contributed by atoms with Gasteiger partial charge in [-0.2, -0.15) is 0 Å². The Balaban J connectivity index is 1.40. The normalized spacial score (nSPS) is 13.0. The molecule has 0 bridgehead atoms. The van der Waals surface area contributed by atoms with Gasteiger partial charge in [-0.3, -0.25) is 15.1 Å². The van der Waals surface area contributed by atoms with Crippen LogP contribution in [0.15, 0.2) is 60.8 Å². The number of aromatic nitrogens is 1. The zero-order valence-electron chi connectivity index (χ0n) is 23.7. The fourth-order valence-electron chi connectivity index (χ4n) is 4.11. The standard InChI is InChI=1S/C30H35N5O7/c1-30(2,3)42-29(39)35-23-8-5-4-7-22(23)33-27(37)24-12-10-19(18-31-24)21(9-6-14-36)34-28(38)32-20-11-13-25-26(17-20)41-16-15-40-25/h4-5,7-8,10-13,17-18,21,36H,6,9,14-16H2,1-3H3,(H,33,37)(H,35,39)(H2,32,34,38). The predicted octanol–water partition coefficient (Wildman–Crippen LogP) is 5.09. The van der Waals surface area contributed by atoms with Crippen molar-refractivity contribution >= 4 is 35.1 Å². The third-order valence-electron chi connectivity index (χ3n) is 5.99. The van der Waals surface area contributed by atoms with Gasteiger partial charge in [0.1, 0.15) is 24.5 Å². The van der Waals surface area contributed by atoms with Crippen LogP contribution in [0.3, 0.4) is 0 Å². The molecule has 4 rings (SSSR count). The van der Waals surface area contributed by atoms with Gasteiger partial charge in [0.05, 0.1) is 17.4 Å². The summed E-state index contributed by atoms with van der Waals surface area (Å²) in [6, 6.07) is 14.2. The Bertz CT molecular complexity index is 1410. The first-order chi connectivity index (χ1) is 20.1. The van der Waals surface area contributed by atoms with Crippen LogP contribution in [0.4, 0.5) is 26.7 Å². The number of aliphatic hydroxyl groups is 1. The van der Waals surface area contributed by atoms with Gasteiger partial charge < -0.3 is 35.3 Å². The molecule has 12 heteroatoms. The topological polar surface area (TPSA) is 160 Å². The molecule has 3 aromatic rings. The molecule has 1 atom stereocenters. The van der Waals surface area contributed by atoms with E-state index in [1.165, 1.54) is 6.20 Å². The molecule has 1 aliphatic heterocycles. The van der Waals surface area contributed by atoms with Gasteiger partial charge in [-0.1, -0.05) is 18.2 Å². The summed E-state index contributed by atoms with van der Waals surface area (Å²) < 4.78 is 16.4. The fourth-order valence-corrected chi connectivity index (χ4v) is 4.11. The minimum atomic E-state index is -0.677. The number of para-hydroxylation sites is 2. The first-order valence-corrected chi connectivity index (χ1v) is 13.6. The number of carbonyl (C=O) groups is 3. The van der Waals surface area contributed by atoms with E-state index in [9.17, 15) is 19.5 Å². The molecule has 1 unspecified atom stereocenters. The lowest BCUT2D eigenvalue weighted by molar-refractivity contribution is 0.0635. The predicted molar refractivity (Wildman–Crippen MR) is 157 cm³/mol. The first-order valence-electron chi connectivity index (χ1n) is 13.6. The number of pyridine rings is 1.